The first-order valence-corrected chi connectivity index (χ1v) is 7.70. The molecule has 1 heterocycles. The minimum absolute atomic E-state index is 0.362. The second kappa shape index (κ2) is 4.41. The van der Waals surface area contributed by atoms with Crippen molar-refractivity contribution in [1.82, 2.24) is 4.31 Å². The first-order chi connectivity index (χ1) is 9.09. The van der Waals surface area contributed by atoms with E-state index in [0.717, 1.165) is 11.1 Å². The molecule has 0 atom stereocenters. The molecule has 20 heavy (non-hydrogen) atoms. The van der Waals surface area contributed by atoms with E-state index < -0.39 is 27.2 Å². The quantitative estimate of drug-likeness (QED) is 0.791. The van der Waals surface area contributed by atoms with E-state index in [1.807, 2.05) is 13.0 Å². The predicted molar refractivity (Wildman–Crippen MR) is 75.0 cm³/mol. The second-order valence-corrected chi connectivity index (χ2v) is 7.98. The van der Waals surface area contributed by atoms with Crippen LogP contribution >= 0.6 is 0 Å². The molecule has 1 aliphatic rings. The number of hydrogen-bond acceptors (Lipinski definition) is 4. The summed E-state index contributed by atoms with van der Waals surface area (Å²) in [6.07, 6.45) is 0. The average Bonchev–Trinajstić information content (AvgIpc) is 2.37. The maximum atomic E-state index is 12.2. The fraction of sp³-hybridized carbons (Fsp3) is 0.429. The summed E-state index contributed by atoms with van der Waals surface area (Å²) in [5.74, 6) is -0.894. The molecule has 0 radical (unpaired) electrons. The van der Waals surface area contributed by atoms with E-state index in [9.17, 15) is 18.0 Å². The summed E-state index contributed by atoms with van der Waals surface area (Å²) in [4.78, 5) is 24.0. The number of amides is 1. The first kappa shape index (κ1) is 14.7. The van der Waals surface area contributed by atoms with Crippen LogP contribution in [-0.4, -0.2) is 35.7 Å². The van der Waals surface area contributed by atoms with E-state index in [-0.39, 0.29) is 5.78 Å². The molecular formula is C14H17NO4S. The van der Waals surface area contributed by atoms with Crippen LogP contribution in [0.3, 0.4) is 0 Å². The Labute approximate surface area is 118 Å². The maximum absolute atomic E-state index is 12.2. The van der Waals surface area contributed by atoms with Gasteiger partial charge < -0.3 is 0 Å². The summed E-state index contributed by atoms with van der Waals surface area (Å²) in [7, 11) is -3.71. The van der Waals surface area contributed by atoms with E-state index in [0.29, 0.717) is 9.87 Å². The van der Waals surface area contributed by atoms with Crippen molar-refractivity contribution >= 4 is 21.7 Å². The van der Waals surface area contributed by atoms with Crippen LogP contribution in [0.5, 0.6) is 0 Å². The molecular weight excluding hydrogens is 278 g/mol. The Hall–Kier alpha value is -1.69. The third-order valence-corrected chi connectivity index (χ3v) is 6.00. The molecule has 1 amide bonds. The standard InChI is InChI=1S/C14H17NO4S/c1-9-5-6-10(2)11(7-9)12(16)8-15-13(17)14(3,4)20(15,18)19/h5-7H,8H2,1-4H3. The van der Waals surface area contributed by atoms with E-state index in [4.69, 9.17) is 0 Å². The molecule has 0 aliphatic carbocycles. The predicted octanol–water partition coefficient (Wildman–Crippen LogP) is 1.44. The number of ketones is 1. The van der Waals surface area contributed by atoms with Crippen molar-refractivity contribution in [1.29, 1.82) is 0 Å². The highest BCUT2D eigenvalue weighted by Crippen LogP contribution is 2.34. The molecule has 0 saturated carbocycles. The van der Waals surface area contributed by atoms with Crippen LogP contribution in [0, 0.1) is 13.8 Å². The summed E-state index contributed by atoms with van der Waals surface area (Å²) in [5.41, 5.74) is 2.14. The Morgan fingerprint density at radius 2 is 1.85 bits per heavy atom. The van der Waals surface area contributed by atoms with Crippen LogP contribution < -0.4 is 0 Å². The van der Waals surface area contributed by atoms with Crippen LogP contribution in [0.25, 0.3) is 0 Å². The topological polar surface area (TPSA) is 71.5 Å². The van der Waals surface area contributed by atoms with Crippen LogP contribution in [0.1, 0.15) is 35.3 Å². The third-order valence-electron chi connectivity index (χ3n) is 3.66. The Bertz CT molecular complexity index is 704. The van der Waals surface area contributed by atoms with Gasteiger partial charge in [0.2, 0.25) is 0 Å². The number of sulfonamides is 1. The van der Waals surface area contributed by atoms with Gasteiger partial charge in [0, 0.05) is 5.56 Å². The molecule has 0 spiro atoms. The number of carbonyl (C=O) groups is 2. The normalized spacial score (nSPS) is 19.6. The van der Waals surface area contributed by atoms with E-state index in [1.165, 1.54) is 13.8 Å². The van der Waals surface area contributed by atoms with Crippen LogP contribution in [-0.2, 0) is 14.8 Å². The number of aryl methyl sites for hydroxylation is 2. The molecule has 6 heteroatoms. The molecule has 5 nitrogen and oxygen atoms in total. The van der Waals surface area contributed by atoms with Crippen molar-refractivity contribution in [2.24, 2.45) is 0 Å². The zero-order valence-electron chi connectivity index (χ0n) is 11.9. The lowest BCUT2D eigenvalue weighted by molar-refractivity contribution is -0.131. The number of rotatable bonds is 3. The number of benzene rings is 1. The Balaban J connectivity index is 2.26. The second-order valence-electron chi connectivity index (χ2n) is 5.57. The van der Waals surface area contributed by atoms with Gasteiger partial charge in [-0.1, -0.05) is 17.7 Å². The fourth-order valence-electron chi connectivity index (χ4n) is 2.16. The smallest absolute Gasteiger partial charge is 0.259 e. The van der Waals surface area contributed by atoms with Crippen LogP contribution in [0.2, 0.25) is 0 Å². The zero-order valence-corrected chi connectivity index (χ0v) is 12.7. The van der Waals surface area contributed by atoms with Crippen molar-refractivity contribution in [2.45, 2.75) is 32.4 Å². The van der Waals surface area contributed by atoms with Gasteiger partial charge in [-0.05, 0) is 39.3 Å². The lowest BCUT2D eigenvalue weighted by atomic mass is 10.0. The van der Waals surface area contributed by atoms with Crippen molar-refractivity contribution in [3.05, 3.63) is 34.9 Å². The highest BCUT2D eigenvalue weighted by Gasteiger charge is 2.60. The zero-order chi connectivity index (χ0) is 15.3. The molecule has 0 bridgehead atoms. The van der Waals surface area contributed by atoms with Crippen molar-refractivity contribution in [3.63, 3.8) is 0 Å². The lowest BCUT2D eigenvalue weighted by Gasteiger charge is -2.42. The number of Topliss-reactive ketones (excluding diaryl/α,β-unsaturated/α-hetero) is 1. The van der Waals surface area contributed by atoms with Gasteiger partial charge in [0.1, 0.15) is 6.54 Å². The number of carbonyl (C=O) groups excluding carboxylic acids is 2. The van der Waals surface area contributed by atoms with Gasteiger partial charge in [-0.15, -0.1) is 0 Å². The summed E-state index contributed by atoms with van der Waals surface area (Å²) in [6, 6.07) is 5.39. The molecule has 1 aliphatic heterocycles. The molecule has 1 saturated heterocycles. The minimum Gasteiger partial charge on any atom is -0.292 e. The minimum atomic E-state index is -3.71. The Kier molecular flexibility index (Phi) is 3.25. The highest BCUT2D eigenvalue weighted by molar-refractivity contribution is 7.94. The number of nitrogens with zero attached hydrogens (tertiary/aromatic N) is 1. The van der Waals surface area contributed by atoms with Crippen LogP contribution in [0.15, 0.2) is 18.2 Å². The number of hydrogen-bond donors (Lipinski definition) is 0. The average molecular weight is 295 g/mol. The third kappa shape index (κ3) is 1.95. The molecule has 1 fully saturated rings. The van der Waals surface area contributed by atoms with E-state index in [2.05, 4.69) is 0 Å². The Morgan fingerprint density at radius 1 is 1.25 bits per heavy atom. The van der Waals surface area contributed by atoms with Gasteiger partial charge in [-0.2, -0.15) is 0 Å². The molecule has 108 valence electrons. The van der Waals surface area contributed by atoms with Crippen LogP contribution in [0.4, 0.5) is 0 Å². The van der Waals surface area contributed by atoms with Crippen molar-refractivity contribution in [2.75, 3.05) is 6.54 Å². The summed E-state index contributed by atoms with van der Waals surface area (Å²) < 4.78 is 23.1. The lowest BCUT2D eigenvalue weighted by Crippen LogP contribution is -2.68. The molecule has 1 aromatic rings. The summed E-state index contributed by atoms with van der Waals surface area (Å²) in [6.45, 7) is 5.91. The Morgan fingerprint density at radius 3 is 2.40 bits per heavy atom. The molecule has 0 unspecified atom stereocenters. The van der Waals surface area contributed by atoms with Gasteiger partial charge in [-0.3, -0.25) is 9.59 Å². The van der Waals surface area contributed by atoms with E-state index in [1.54, 1.807) is 19.1 Å². The largest absolute Gasteiger partial charge is 0.292 e. The van der Waals surface area contributed by atoms with E-state index >= 15 is 0 Å². The first-order valence-electron chi connectivity index (χ1n) is 6.26. The monoisotopic (exact) mass is 295 g/mol. The van der Waals surface area contributed by atoms with Gasteiger partial charge in [-0.25, -0.2) is 12.7 Å². The van der Waals surface area contributed by atoms with Crippen molar-refractivity contribution < 1.29 is 18.0 Å². The summed E-state index contributed by atoms with van der Waals surface area (Å²) >= 11 is 0. The molecule has 2 rings (SSSR count). The molecule has 0 aromatic heterocycles. The molecule has 0 N–H and O–H groups in total. The van der Waals surface area contributed by atoms with Gasteiger partial charge in [0.05, 0.1) is 0 Å². The highest BCUT2D eigenvalue weighted by atomic mass is 32.2. The maximum Gasteiger partial charge on any atom is 0.259 e. The van der Waals surface area contributed by atoms with Gasteiger partial charge in [0.25, 0.3) is 15.9 Å². The summed E-state index contributed by atoms with van der Waals surface area (Å²) in [5, 5.41) is 0. The van der Waals surface area contributed by atoms with Gasteiger partial charge in [0.15, 0.2) is 10.5 Å². The SMILES string of the molecule is Cc1ccc(C)c(C(=O)CN2C(=O)C(C)(C)S2(=O)=O)c1. The molecule has 1 aromatic carbocycles. The van der Waals surface area contributed by atoms with Crippen molar-refractivity contribution in [3.8, 4) is 0 Å². The fourth-order valence-corrected chi connectivity index (χ4v) is 3.65. The van der Waals surface area contributed by atoms with Gasteiger partial charge >= 0.3 is 0 Å².